The van der Waals surface area contributed by atoms with E-state index in [1.54, 1.807) is 0 Å². The van der Waals surface area contributed by atoms with E-state index in [1.807, 2.05) is 45.9 Å². The van der Waals surface area contributed by atoms with Gasteiger partial charge in [0.25, 0.3) is 0 Å². The lowest BCUT2D eigenvalue weighted by Gasteiger charge is -2.17. The van der Waals surface area contributed by atoms with Crippen LogP contribution in [0.5, 0.6) is 0 Å². The molecule has 3 nitrogen and oxygen atoms in total. The summed E-state index contributed by atoms with van der Waals surface area (Å²) in [6, 6.07) is 5.75. The number of hydrogen-bond donors (Lipinski definition) is 2. The Labute approximate surface area is 121 Å². The summed E-state index contributed by atoms with van der Waals surface area (Å²) in [6.45, 7) is 8.14. The monoisotopic (exact) mass is 273 g/mol. The van der Waals surface area contributed by atoms with Crippen molar-refractivity contribution in [2.45, 2.75) is 40.5 Å². The number of carbonyl (C=O) groups excluding carboxylic acids is 1. The summed E-state index contributed by atoms with van der Waals surface area (Å²) in [5.74, 6) is 5.88. The van der Waals surface area contributed by atoms with Crippen LogP contribution in [0.15, 0.2) is 18.2 Å². The van der Waals surface area contributed by atoms with E-state index < -0.39 is 0 Å². The van der Waals surface area contributed by atoms with Crippen molar-refractivity contribution in [3.63, 3.8) is 0 Å². The largest absolute Gasteiger partial charge is 0.395 e. The van der Waals surface area contributed by atoms with Gasteiger partial charge in [-0.1, -0.05) is 32.6 Å². The first-order valence-corrected chi connectivity index (χ1v) is 6.81. The Hall–Kier alpha value is -1.79. The summed E-state index contributed by atoms with van der Waals surface area (Å²) in [5.41, 5.74) is 2.64. The van der Waals surface area contributed by atoms with Gasteiger partial charge in [-0.2, -0.15) is 0 Å². The molecule has 0 radical (unpaired) electrons. The lowest BCUT2D eigenvalue weighted by atomic mass is 9.92. The minimum absolute atomic E-state index is 0.0115. The van der Waals surface area contributed by atoms with Gasteiger partial charge in [0.15, 0.2) is 0 Å². The van der Waals surface area contributed by atoms with E-state index in [-0.39, 0.29) is 17.9 Å². The first-order chi connectivity index (χ1) is 9.30. The Morgan fingerprint density at radius 3 is 2.60 bits per heavy atom. The van der Waals surface area contributed by atoms with Crippen molar-refractivity contribution in [2.75, 3.05) is 11.9 Å². The molecule has 0 aliphatic rings. The van der Waals surface area contributed by atoms with Crippen LogP contribution in [-0.4, -0.2) is 17.6 Å². The molecule has 1 rings (SSSR count). The molecule has 0 bridgehead atoms. The highest BCUT2D eigenvalue weighted by Crippen LogP contribution is 2.20. The molecule has 0 atom stereocenters. The van der Waals surface area contributed by atoms with Crippen LogP contribution < -0.4 is 5.32 Å². The van der Waals surface area contributed by atoms with Gasteiger partial charge in [0, 0.05) is 24.1 Å². The maximum absolute atomic E-state index is 11.9. The second-order valence-corrected chi connectivity index (χ2v) is 6.15. The fourth-order valence-corrected chi connectivity index (χ4v) is 1.83. The first kappa shape index (κ1) is 16.3. The summed E-state index contributed by atoms with van der Waals surface area (Å²) in [5, 5.41) is 11.6. The van der Waals surface area contributed by atoms with Crippen molar-refractivity contribution >= 4 is 11.6 Å². The van der Waals surface area contributed by atoms with Gasteiger partial charge < -0.3 is 10.4 Å². The summed E-state index contributed by atoms with van der Waals surface area (Å²) in [4.78, 5) is 11.9. The Kier molecular flexibility index (Phi) is 5.79. The van der Waals surface area contributed by atoms with E-state index in [4.69, 9.17) is 5.11 Å². The molecule has 0 spiro atoms. The second kappa shape index (κ2) is 7.12. The van der Waals surface area contributed by atoms with Gasteiger partial charge in [0.2, 0.25) is 5.91 Å². The minimum Gasteiger partial charge on any atom is -0.395 e. The third-order valence-electron chi connectivity index (χ3n) is 2.52. The minimum atomic E-state index is -0.0301. The van der Waals surface area contributed by atoms with Crippen molar-refractivity contribution < 1.29 is 9.90 Å². The van der Waals surface area contributed by atoms with Gasteiger partial charge in [-0.25, -0.2) is 0 Å². The number of amides is 1. The SMILES string of the molecule is Cc1cc(C#CCCO)cc(NC(=O)CC(C)(C)C)c1. The number of aliphatic hydroxyl groups is 1. The van der Waals surface area contributed by atoms with E-state index in [1.165, 1.54) is 0 Å². The molecule has 2 N–H and O–H groups in total. The van der Waals surface area contributed by atoms with Crippen LogP contribution in [-0.2, 0) is 4.79 Å². The van der Waals surface area contributed by atoms with E-state index in [9.17, 15) is 4.79 Å². The standard InChI is InChI=1S/C17H23NO2/c1-13-9-14(7-5-6-8-19)11-15(10-13)18-16(20)12-17(2,3)4/h9-11,19H,6,8,12H2,1-4H3,(H,18,20). The number of aliphatic hydroxyl groups excluding tert-OH is 1. The van der Waals surface area contributed by atoms with Gasteiger partial charge in [0.1, 0.15) is 0 Å². The molecule has 3 heteroatoms. The van der Waals surface area contributed by atoms with Crippen molar-refractivity contribution in [3.8, 4) is 11.8 Å². The zero-order valence-corrected chi connectivity index (χ0v) is 12.7. The number of hydrogen-bond acceptors (Lipinski definition) is 2. The normalized spacial score (nSPS) is 10.7. The molecule has 0 saturated carbocycles. The predicted octanol–water partition coefficient (Wildman–Crippen LogP) is 3.10. The number of carbonyl (C=O) groups is 1. The summed E-state index contributed by atoms with van der Waals surface area (Å²) in [7, 11) is 0. The van der Waals surface area contributed by atoms with Crippen molar-refractivity contribution in [3.05, 3.63) is 29.3 Å². The molecule has 0 unspecified atom stereocenters. The Morgan fingerprint density at radius 2 is 2.00 bits per heavy atom. The van der Waals surface area contributed by atoms with Crippen LogP contribution in [0.1, 0.15) is 44.7 Å². The Bertz CT molecular complexity index is 530. The van der Waals surface area contributed by atoms with E-state index >= 15 is 0 Å². The number of benzene rings is 1. The van der Waals surface area contributed by atoms with Gasteiger partial charge >= 0.3 is 0 Å². The molecule has 0 fully saturated rings. The van der Waals surface area contributed by atoms with Gasteiger partial charge in [0.05, 0.1) is 6.61 Å². The fraction of sp³-hybridized carbons (Fsp3) is 0.471. The van der Waals surface area contributed by atoms with E-state index in [2.05, 4.69) is 17.2 Å². The van der Waals surface area contributed by atoms with Gasteiger partial charge in [-0.3, -0.25) is 4.79 Å². The lowest BCUT2D eigenvalue weighted by molar-refractivity contribution is -0.117. The Balaban J connectivity index is 2.81. The van der Waals surface area contributed by atoms with Gasteiger partial charge in [-0.05, 0) is 36.1 Å². The Morgan fingerprint density at radius 1 is 1.30 bits per heavy atom. The van der Waals surface area contributed by atoms with Crippen LogP contribution in [0.3, 0.4) is 0 Å². The number of anilines is 1. The lowest BCUT2D eigenvalue weighted by Crippen LogP contribution is -2.19. The average molecular weight is 273 g/mol. The van der Waals surface area contributed by atoms with E-state index in [0.29, 0.717) is 12.8 Å². The molecule has 20 heavy (non-hydrogen) atoms. The molecule has 0 aromatic heterocycles. The highest BCUT2D eigenvalue weighted by Gasteiger charge is 2.16. The summed E-state index contributed by atoms with van der Waals surface area (Å²) < 4.78 is 0. The molecule has 1 aromatic carbocycles. The second-order valence-electron chi connectivity index (χ2n) is 6.15. The summed E-state index contributed by atoms with van der Waals surface area (Å²) >= 11 is 0. The third-order valence-corrected chi connectivity index (χ3v) is 2.52. The fourth-order valence-electron chi connectivity index (χ4n) is 1.83. The summed E-state index contributed by atoms with van der Waals surface area (Å²) in [6.07, 6.45) is 0.937. The third kappa shape index (κ3) is 6.40. The quantitative estimate of drug-likeness (QED) is 0.831. The number of aryl methyl sites for hydroxylation is 1. The first-order valence-electron chi connectivity index (χ1n) is 6.81. The van der Waals surface area contributed by atoms with Crippen molar-refractivity contribution in [2.24, 2.45) is 5.41 Å². The molecule has 1 aromatic rings. The zero-order chi connectivity index (χ0) is 15.2. The molecular formula is C17H23NO2. The van der Waals surface area contributed by atoms with Crippen LogP contribution in [0.2, 0.25) is 0 Å². The van der Waals surface area contributed by atoms with Crippen LogP contribution in [0.4, 0.5) is 5.69 Å². The van der Waals surface area contributed by atoms with E-state index in [0.717, 1.165) is 16.8 Å². The number of nitrogens with one attached hydrogen (secondary N) is 1. The molecule has 0 aliphatic heterocycles. The van der Waals surface area contributed by atoms with Crippen LogP contribution in [0, 0.1) is 24.2 Å². The predicted molar refractivity (Wildman–Crippen MR) is 82.5 cm³/mol. The van der Waals surface area contributed by atoms with Crippen molar-refractivity contribution in [1.29, 1.82) is 0 Å². The molecule has 0 aliphatic carbocycles. The molecule has 0 saturated heterocycles. The molecule has 1 amide bonds. The smallest absolute Gasteiger partial charge is 0.224 e. The van der Waals surface area contributed by atoms with Crippen LogP contribution in [0.25, 0.3) is 0 Å². The highest BCUT2D eigenvalue weighted by atomic mass is 16.2. The highest BCUT2D eigenvalue weighted by molar-refractivity contribution is 5.91. The molecular weight excluding hydrogens is 250 g/mol. The molecule has 108 valence electrons. The van der Waals surface area contributed by atoms with Gasteiger partial charge in [-0.15, -0.1) is 0 Å². The zero-order valence-electron chi connectivity index (χ0n) is 12.7. The topological polar surface area (TPSA) is 49.3 Å². The maximum atomic E-state index is 11.9. The average Bonchev–Trinajstić information content (AvgIpc) is 2.25. The van der Waals surface area contributed by atoms with Crippen molar-refractivity contribution in [1.82, 2.24) is 0 Å². The maximum Gasteiger partial charge on any atom is 0.224 e. The number of rotatable bonds is 3. The molecule has 0 heterocycles. The van der Waals surface area contributed by atoms with Crippen LogP contribution >= 0.6 is 0 Å².